The first-order chi connectivity index (χ1) is 7.65. The van der Waals surface area contributed by atoms with Gasteiger partial charge >= 0.3 is 0 Å². The van der Waals surface area contributed by atoms with Gasteiger partial charge in [0, 0.05) is 0 Å². The molecule has 0 fully saturated rings. The maximum atomic E-state index is 8.92. The molecule has 0 aliphatic rings. The van der Waals surface area contributed by atoms with Crippen LogP contribution in [0.5, 0.6) is 0 Å². The summed E-state index contributed by atoms with van der Waals surface area (Å²) in [7, 11) is 0. The van der Waals surface area contributed by atoms with Gasteiger partial charge < -0.3 is 0 Å². The molecule has 0 heterocycles. The number of nitrogens with zero attached hydrogens (tertiary/aromatic N) is 2. The molecule has 1 unspecified atom stereocenters. The van der Waals surface area contributed by atoms with Gasteiger partial charge in [0.15, 0.2) is 0 Å². The van der Waals surface area contributed by atoms with Gasteiger partial charge in [0.2, 0.25) is 0 Å². The van der Waals surface area contributed by atoms with Gasteiger partial charge in [-0.05, 0) is 29.5 Å². The molecule has 16 heavy (non-hydrogen) atoms. The summed E-state index contributed by atoms with van der Waals surface area (Å²) in [6, 6.07) is 7.71. The zero-order valence-electron chi connectivity index (χ0n) is 9.42. The van der Waals surface area contributed by atoms with E-state index in [9.17, 15) is 0 Å². The van der Waals surface area contributed by atoms with E-state index in [1.54, 1.807) is 6.07 Å². The van der Waals surface area contributed by atoms with Crippen LogP contribution in [-0.2, 0) is 6.42 Å². The Morgan fingerprint density at radius 1 is 1.38 bits per heavy atom. The second-order valence-electron chi connectivity index (χ2n) is 3.76. The summed E-state index contributed by atoms with van der Waals surface area (Å²) < 4.78 is 0. The van der Waals surface area contributed by atoms with E-state index in [-0.39, 0.29) is 5.92 Å². The number of hydrogen-bond acceptors (Lipinski definition) is 2. The molecule has 0 radical (unpaired) electrons. The van der Waals surface area contributed by atoms with Gasteiger partial charge in [0.05, 0.1) is 23.1 Å². The van der Waals surface area contributed by atoms with Crippen LogP contribution in [0.2, 0.25) is 5.02 Å². The summed E-state index contributed by atoms with van der Waals surface area (Å²) in [6.07, 6.45) is 1.28. The predicted molar refractivity (Wildman–Crippen MR) is 64.2 cm³/mol. The van der Waals surface area contributed by atoms with Crippen LogP contribution in [0.1, 0.15) is 42.9 Å². The Morgan fingerprint density at radius 3 is 2.56 bits per heavy atom. The molecule has 0 aliphatic carbocycles. The highest BCUT2D eigenvalue weighted by Crippen LogP contribution is 2.32. The van der Waals surface area contributed by atoms with E-state index in [1.807, 2.05) is 6.07 Å². The molecule has 82 valence electrons. The molecule has 3 heteroatoms. The van der Waals surface area contributed by atoms with Crippen LogP contribution in [0.15, 0.2) is 12.1 Å². The number of hydrogen-bond donors (Lipinski definition) is 0. The minimum absolute atomic E-state index is 0.268. The molecule has 0 aliphatic heterocycles. The van der Waals surface area contributed by atoms with Crippen LogP contribution < -0.4 is 0 Å². The van der Waals surface area contributed by atoms with Crippen molar-refractivity contribution in [1.29, 1.82) is 10.5 Å². The van der Waals surface area contributed by atoms with Crippen LogP contribution in [0, 0.1) is 22.7 Å². The van der Waals surface area contributed by atoms with E-state index in [2.05, 4.69) is 26.0 Å². The lowest BCUT2D eigenvalue weighted by Crippen LogP contribution is -2.01. The summed E-state index contributed by atoms with van der Waals surface area (Å²) in [5.41, 5.74) is 2.37. The van der Waals surface area contributed by atoms with Crippen molar-refractivity contribution < 1.29 is 0 Å². The van der Waals surface area contributed by atoms with Gasteiger partial charge in [-0.25, -0.2) is 0 Å². The molecule has 1 aromatic rings. The van der Waals surface area contributed by atoms with Gasteiger partial charge in [-0.3, -0.25) is 0 Å². The molecule has 0 bridgehead atoms. The topological polar surface area (TPSA) is 47.6 Å². The summed E-state index contributed by atoms with van der Waals surface area (Å²) in [5.74, 6) is 0.268. The van der Waals surface area contributed by atoms with Crippen LogP contribution >= 0.6 is 11.6 Å². The maximum Gasteiger partial charge on any atom is 0.101 e. The third kappa shape index (κ3) is 2.35. The van der Waals surface area contributed by atoms with Crippen molar-refractivity contribution in [2.24, 2.45) is 0 Å². The van der Waals surface area contributed by atoms with Crippen molar-refractivity contribution in [3.63, 3.8) is 0 Å². The van der Waals surface area contributed by atoms with Crippen molar-refractivity contribution in [2.45, 2.75) is 32.6 Å². The highest BCUT2D eigenvalue weighted by atomic mass is 35.5. The molecule has 0 amide bonds. The molecule has 2 nitrogen and oxygen atoms in total. The molecule has 0 N–H and O–H groups in total. The first-order valence-corrected chi connectivity index (χ1v) is 5.61. The minimum atomic E-state index is 0.268. The first-order valence-electron chi connectivity index (χ1n) is 5.24. The van der Waals surface area contributed by atoms with Crippen LogP contribution in [0.3, 0.4) is 0 Å². The zero-order chi connectivity index (χ0) is 12.1. The van der Waals surface area contributed by atoms with Gasteiger partial charge in [-0.2, -0.15) is 10.5 Å². The Kier molecular flexibility index (Phi) is 4.35. The maximum absolute atomic E-state index is 8.92. The van der Waals surface area contributed by atoms with Crippen molar-refractivity contribution in [3.8, 4) is 12.1 Å². The second-order valence-corrected chi connectivity index (χ2v) is 4.13. The number of rotatable bonds is 3. The van der Waals surface area contributed by atoms with Gasteiger partial charge in [0.25, 0.3) is 0 Å². The summed E-state index contributed by atoms with van der Waals surface area (Å²) >= 11 is 6.19. The Balaban J connectivity index is 3.38. The predicted octanol–water partition coefficient (Wildman–Crippen LogP) is 3.79. The third-order valence-electron chi connectivity index (χ3n) is 2.77. The fraction of sp³-hybridized carbons (Fsp3) is 0.385. The SMILES string of the molecule is CCC(C)c1c(CC#N)ccc(C#N)c1Cl. The van der Waals surface area contributed by atoms with Crippen molar-refractivity contribution >= 4 is 11.6 Å². The molecular formula is C13H13ClN2. The standard InChI is InChI=1S/C13H13ClN2/c1-3-9(2)12-10(6-7-15)4-5-11(8-16)13(12)14/h4-5,9H,3,6H2,1-2H3. The fourth-order valence-corrected chi connectivity index (χ4v) is 2.11. The summed E-state index contributed by atoms with van der Waals surface area (Å²) in [6.45, 7) is 4.12. The van der Waals surface area contributed by atoms with E-state index in [0.29, 0.717) is 17.0 Å². The number of benzene rings is 1. The third-order valence-corrected chi connectivity index (χ3v) is 3.17. The molecule has 1 rings (SSSR count). The zero-order valence-corrected chi connectivity index (χ0v) is 10.2. The first kappa shape index (κ1) is 12.6. The molecule has 1 atom stereocenters. The van der Waals surface area contributed by atoms with Crippen LogP contribution in [0.25, 0.3) is 0 Å². The average Bonchev–Trinajstić information content (AvgIpc) is 2.29. The Labute approximate surface area is 101 Å². The average molecular weight is 233 g/mol. The van der Waals surface area contributed by atoms with E-state index >= 15 is 0 Å². The summed E-state index contributed by atoms with van der Waals surface area (Å²) in [5, 5.41) is 18.2. The number of halogens is 1. The quantitative estimate of drug-likeness (QED) is 0.796. The molecule has 0 saturated heterocycles. The lowest BCUT2D eigenvalue weighted by molar-refractivity contribution is 0.726. The highest BCUT2D eigenvalue weighted by molar-refractivity contribution is 6.32. The lowest BCUT2D eigenvalue weighted by Gasteiger charge is -2.16. The van der Waals surface area contributed by atoms with Gasteiger partial charge in [0.1, 0.15) is 6.07 Å². The minimum Gasteiger partial charge on any atom is -0.198 e. The summed E-state index contributed by atoms with van der Waals surface area (Å²) in [4.78, 5) is 0. The van der Waals surface area contributed by atoms with Gasteiger partial charge in [-0.15, -0.1) is 0 Å². The van der Waals surface area contributed by atoms with Crippen molar-refractivity contribution in [1.82, 2.24) is 0 Å². The number of nitriles is 2. The monoisotopic (exact) mass is 232 g/mol. The normalized spacial score (nSPS) is 11.6. The van der Waals surface area contributed by atoms with E-state index in [0.717, 1.165) is 17.5 Å². The Morgan fingerprint density at radius 2 is 2.06 bits per heavy atom. The van der Waals surface area contributed by atoms with Crippen molar-refractivity contribution in [2.75, 3.05) is 0 Å². The molecular weight excluding hydrogens is 220 g/mol. The van der Waals surface area contributed by atoms with Crippen LogP contribution in [-0.4, -0.2) is 0 Å². The van der Waals surface area contributed by atoms with Gasteiger partial charge in [-0.1, -0.05) is 31.5 Å². The van der Waals surface area contributed by atoms with Crippen molar-refractivity contribution in [3.05, 3.63) is 33.8 Å². The Bertz CT molecular complexity index is 466. The fourth-order valence-electron chi connectivity index (χ4n) is 1.70. The molecule has 0 aromatic heterocycles. The molecule has 0 saturated carbocycles. The smallest absolute Gasteiger partial charge is 0.101 e. The molecule has 1 aromatic carbocycles. The largest absolute Gasteiger partial charge is 0.198 e. The highest BCUT2D eigenvalue weighted by Gasteiger charge is 2.16. The van der Waals surface area contributed by atoms with E-state index in [4.69, 9.17) is 22.1 Å². The Hall–Kier alpha value is -1.51. The van der Waals surface area contributed by atoms with E-state index in [1.165, 1.54) is 0 Å². The second kappa shape index (κ2) is 5.54. The molecule has 0 spiro atoms. The van der Waals surface area contributed by atoms with E-state index < -0.39 is 0 Å². The lowest BCUT2D eigenvalue weighted by atomic mass is 9.91. The van der Waals surface area contributed by atoms with Crippen LogP contribution in [0.4, 0.5) is 0 Å².